The number of hydrogen-bond acceptors (Lipinski definition) is 2. The Labute approximate surface area is 101 Å². The first-order valence-electron chi connectivity index (χ1n) is 4.47. The van der Waals surface area contributed by atoms with E-state index in [0.717, 1.165) is 18.2 Å². The van der Waals surface area contributed by atoms with E-state index in [4.69, 9.17) is 11.6 Å². The van der Waals surface area contributed by atoms with Gasteiger partial charge >= 0.3 is 12.1 Å². The van der Waals surface area contributed by atoms with Crippen LogP contribution >= 0.6 is 11.6 Å². The van der Waals surface area contributed by atoms with Gasteiger partial charge in [-0.25, -0.2) is 4.79 Å². The molecule has 6 heteroatoms. The van der Waals surface area contributed by atoms with Gasteiger partial charge in [0.25, 0.3) is 0 Å². The van der Waals surface area contributed by atoms with Crippen LogP contribution in [0.2, 0.25) is 5.02 Å². The number of halogens is 4. The number of carbonyl (C=O) groups is 1. The highest BCUT2D eigenvalue weighted by Gasteiger charge is 2.30. The van der Waals surface area contributed by atoms with Crippen LogP contribution in [0.3, 0.4) is 0 Å². The van der Waals surface area contributed by atoms with Gasteiger partial charge in [0.1, 0.15) is 0 Å². The van der Waals surface area contributed by atoms with E-state index in [2.05, 4.69) is 4.74 Å². The molecule has 0 fully saturated rings. The molecule has 0 aliphatic rings. The summed E-state index contributed by atoms with van der Waals surface area (Å²) in [6, 6.07) is 2.88. The molecule has 17 heavy (non-hydrogen) atoms. The summed E-state index contributed by atoms with van der Waals surface area (Å²) in [6.45, 7) is 0. The number of alkyl halides is 3. The number of ether oxygens (including phenoxy) is 1. The summed E-state index contributed by atoms with van der Waals surface area (Å²) in [5, 5.41) is -0.0834. The Kier molecular flexibility index (Phi) is 4.17. The summed E-state index contributed by atoms with van der Waals surface area (Å²) < 4.78 is 41.3. The largest absolute Gasteiger partial charge is 0.466 e. The first-order chi connectivity index (χ1) is 7.84. The molecule has 1 rings (SSSR count). The number of benzene rings is 1. The lowest BCUT2D eigenvalue weighted by Crippen LogP contribution is -2.04. The van der Waals surface area contributed by atoms with Crippen molar-refractivity contribution in [1.82, 2.24) is 0 Å². The molecule has 0 saturated carbocycles. The summed E-state index contributed by atoms with van der Waals surface area (Å²) >= 11 is 5.66. The van der Waals surface area contributed by atoms with Crippen molar-refractivity contribution in [1.29, 1.82) is 0 Å². The van der Waals surface area contributed by atoms with Crippen molar-refractivity contribution in [3.05, 3.63) is 40.4 Å². The van der Waals surface area contributed by atoms with Gasteiger partial charge < -0.3 is 4.74 Å². The molecular weight excluding hydrogens is 257 g/mol. The minimum absolute atomic E-state index is 0.0834. The van der Waals surface area contributed by atoms with Gasteiger partial charge in [0.05, 0.1) is 12.7 Å². The van der Waals surface area contributed by atoms with Crippen LogP contribution in [-0.2, 0) is 15.7 Å². The topological polar surface area (TPSA) is 26.3 Å². The van der Waals surface area contributed by atoms with Crippen molar-refractivity contribution in [2.75, 3.05) is 7.11 Å². The van der Waals surface area contributed by atoms with Crippen LogP contribution in [0, 0.1) is 0 Å². The highest BCUT2D eigenvalue weighted by molar-refractivity contribution is 6.32. The third-order valence-electron chi connectivity index (χ3n) is 1.93. The third kappa shape index (κ3) is 3.78. The van der Waals surface area contributed by atoms with E-state index >= 15 is 0 Å². The van der Waals surface area contributed by atoms with Crippen LogP contribution in [0.1, 0.15) is 11.1 Å². The average molecular weight is 265 g/mol. The van der Waals surface area contributed by atoms with Crippen molar-refractivity contribution in [2.24, 2.45) is 0 Å². The van der Waals surface area contributed by atoms with E-state index in [1.807, 2.05) is 0 Å². The Morgan fingerprint density at radius 1 is 1.41 bits per heavy atom. The molecule has 0 aliphatic heterocycles. The molecule has 0 radical (unpaired) electrons. The number of esters is 1. The van der Waals surface area contributed by atoms with E-state index in [1.54, 1.807) is 0 Å². The number of carbonyl (C=O) groups excluding carboxylic acids is 1. The molecule has 92 valence electrons. The van der Waals surface area contributed by atoms with Gasteiger partial charge in [0, 0.05) is 11.1 Å². The smallest absolute Gasteiger partial charge is 0.416 e. The van der Waals surface area contributed by atoms with E-state index in [-0.39, 0.29) is 5.02 Å². The number of hydrogen-bond donors (Lipinski definition) is 0. The van der Waals surface area contributed by atoms with Crippen LogP contribution in [0.5, 0.6) is 0 Å². The van der Waals surface area contributed by atoms with E-state index in [0.29, 0.717) is 5.56 Å². The minimum Gasteiger partial charge on any atom is -0.466 e. The van der Waals surface area contributed by atoms with Gasteiger partial charge in [0.2, 0.25) is 0 Å². The maximum atomic E-state index is 12.3. The highest BCUT2D eigenvalue weighted by atomic mass is 35.5. The zero-order valence-electron chi connectivity index (χ0n) is 8.72. The molecule has 0 bridgehead atoms. The zero-order valence-corrected chi connectivity index (χ0v) is 9.47. The summed E-state index contributed by atoms with van der Waals surface area (Å²) in [5.41, 5.74) is -0.525. The lowest BCUT2D eigenvalue weighted by Gasteiger charge is -2.07. The molecule has 0 saturated heterocycles. The van der Waals surface area contributed by atoms with Crippen molar-refractivity contribution in [3.63, 3.8) is 0 Å². The van der Waals surface area contributed by atoms with Gasteiger partial charge in [-0.2, -0.15) is 13.2 Å². The number of rotatable bonds is 2. The minimum atomic E-state index is -4.44. The second-order valence-electron chi connectivity index (χ2n) is 3.09. The quantitative estimate of drug-likeness (QED) is 0.603. The van der Waals surface area contributed by atoms with Crippen molar-refractivity contribution >= 4 is 23.6 Å². The maximum Gasteiger partial charge on any atom is 0.416 e. The molecule has 0 aliphatic carbocycles. The van der Waals surface area contributed by atoms with Gasteiger partial charge in [0.15, 0.2) is 0 Å². The van der Waals surface area contributed by atoms with Crippen LogP contribution in [0.15, 0.2) is 24.3 Å². The molecule has 0 N–H and O–H groups in total. The summed E-state index contributed by atoms with van der Waals surface area (Å²) in [5.74, 6) is -0.610. The van der Waals surface area contributed by atoms with Crippen molar-refractivity contribution in [2.45, 2.75) is 6.18 Å². The second-order valence-corrected chi connectivity index (χ2v) is 3.50. The predicted molar refractivity (Wildman–Crippen MR) is 57.5 cm³/mol. The Balaban J connectivity index is 2.99. The summed E-state index contributed by atoms with van der Waals surface area (Å²) in [4.78, 5) is 10.8. The second kappa shape index (κ2) is 5.23. The fraction of sp³-hybridized carbons (Fsp3) is 0.182. The Morgan fingerprint density at radius 2 is 2.06 bits per heavy atom. The predicted octanol–water partition coefficient (Wildman–Crippen LogP) is 3.55. The Hall–Kier alpha value is -1.49. The van der Waals surface area contributed by atoms with Crippen LogP contribution < -0.4 is 0 Å². The van der Waals surface area contributed by atoms with E-state index in [1.165, 1.54) is 19.3 Å². The first kappa shape index (κ1) is 13.6. The standard InChI is InChI=1S/C11H8ClF3O2/c1-17-10(16)5-3-7-2-4-8(6-9(7)12)11(13,14)15/h2-6H,1H3. The molecule has 0 unspecified atom stereocenters. The molecule has 0 amide bonds. The highest BCUT2D eigenvalue weighted by Crippen LogP contribution is 2.32. The molecule has 0 atom stereocenters. The van der Waals surface area contributed by atoms with Crippen LogP contribution in [0.25, 0.3) is 6.08 Å². The van der Waals surface area contributed by atoms with E-state index in [9.17, 15) is 18.0 Å². The fourth-order valence-corrected chi connectivity index (χ4v) is 1.31. The van der Waals surface area contributed by atoms with Crippen LogP contribution in [0.4, 0.5) is 13.2 Å². The fourth-order valence-electron chi connectivity index (χ4n) is 1.06. The molecule has 1 aromatic rings. The number of methoxy groups -OCH3 is 1. The molecular formula is C11H8ClF3O2. The monoisotopic (exact) mass is 264 g/mol. The third-order valence-corrected chi connectivity index (χ3v) is 2.26. The van der Waals surface area contributed by atoms with E-state index < -0.39 is 17.7 Å². The first-order valence-corrected chi connectivity index (χ1v) is 4.85. The lowest BCUT2D eigenvalue weighted by atomic mass is 10.1. The molecule has 0 spiro atoms. The summed E-state index contributed by atoms with van der Waals surface area (Å²) in [7, 11) is 1.20. The zero-order chi connectivity index (χ0) is 13.1. The van der Waals surface area contributed by atoms with Gasteiger partial charge in [-0.05, 0) is 23.8 Å². The van der Waals surface area contributed by atoms with Gasteiger partial charge in [-0.3, -0.25) is 0 Å². The maximum absolute atomic E-state index is 12.3. The summed E-state index contributed by atoms with van der Waals surface area (Å²) in [6.07, 6.45) is -2.07. The molecule has 1 aromatic carbocycles. The molecule has 0 aromatic heterocycles. The van der Waals surface area contributed by atoms with Crippen LogP contribution in [-0.4, -0.2) is 13.1 Å². The van der Waals surface area contributed by atoms with Crippen molar-refractivity contribution < 1.29 is 22.7 Å². The average Bonchev–Trinajstić information content (AvgIpc) is 2.25. The Bertz CT molecular complexity index is 453. The van der Waals surface area contributed by atoms with Crippen molar-refractivity contribution in [3.8, 4) is 0 Å². The Morgan fingerprint density at radius 3 is 2.53 bits per heavy atom. The lowest BCUT2D eigenvalue weighted by molar-refractivity contribution is -0.137. The SMILES string of the molecule is COC(=O)C=Cc1ccc(C(F)(F)F)cc1Cl. The molecule has 0 heterocycles. The van der Waals surface area contributed by atoms with Gasteiger partial charge in [-0.15, -0.1) is 0 Å². The normalized spacial score (nSPS) is 11.8. The van der Waals surface area contributed by atoms with Gasteiger partial charge in [-0.1, -0.05) is 17.7 Å². The molecule has 2 nitrogen and oxygen atoms in total.